The van der Waals surface area contributed by atoms with Gasteiger partial charge in [-0.05, 0) is 37.1 Å². The number of furan rings is 1. The van der Waals surface area contributed by atoms with Crippen LogP contribution in [0, 0.1) is 0 Å². The molecule has 8 heteroatoms. The Balaban J connectivity index is 1.75. The molecule has 1 aromatic carbocycles. The highest BCUT2D eigenvalue weighted by Gasteiger charge is 2.29. The van der Waals surface area contributed by atoms with Crippen molar-refractivity contribution in [2.75, 3.05) is 32.6 Å². The van der Waals surface area contributed by atoms with E-state index >= 15 is 0 Å². The first-order valence-corrected chi connectivity index (χ1v) is 9.59. The van der Waals surface area contributed by atoms with Crippen LogP contribution in [0.4, 0.5) is 10.5 Å². The Morgan fingerprint density at radius 2 is 1.90 bits per heavy atom. The highest BCUT2D eigenvalue weighted by Crippen LogP contribution is 2.30. The Bertz CT molecular complexity index is 829. The number of urea groups is 1. The Labute approximate surface area is 170 Å². The van der Waals surface area contributed by atoms with Gasteiger partial charge in [0.1, 0.15) is 5.76 Å². The number of methoxy groups -OCH3 is 2. The standard InChI is InChI=1S/C21H27N3O5/c1-15(25)23-10-8-17(9-11-23)24(14-18-5-4-12-29-18)21(26)22-16-6-7-19(27-2)20(13-16)28-3/h4-7,12-13,17H,8-11,14H2,1-3H3,(H,22,26). The molecular weight excluding hydrogens is 374 g/mol. The summed E-state index contributed by atoms with van der Waals surface area (Å²) in [5.41, 5.74) is 0.610. The summed E-state index contributed by atoms with van der Waals surface area (Å²) in [6.45, 7) is 3.21. The molecule has 1 saturated heterocycles. The molecule has 1 fully saturated rings. The zero-order valence-corrected chi connectivity index (χ0v) is 17.0. The minimum absolute atomic E-state index is 0.0100. The number of hydrogen-bond acceptors (Lipinski definition) is 5. The molecule has 3 amide bonds. The topological polar surface area (TPSA) is 84.3 Å². The van der Waals surface area contributed by atoms with E-state index in [2.05, 4.69) is 5.32 Å². The van der Waals surface area contributed by atoms with Crippen molar-refractivity contribution in [1.82, 2.24) is 9.80 Å². The lowest BCUT2D eigenvalue weighted by atomic mass is 10.0. The van der Waals surface area contributed by atoms with Crippen LogP contribution >= 0.6 is 0 Å². The Kier molecular flexibility index (Phi) is 6.64. The molecule has 0 bridgehead atoms. The lowest BCUT2D eigenvalue weighted by Gasteiger charge is -2.38. The van der Waals surface area contributed by atoms with Gasteiger partial charge < -0.3 is 29.0 Å². The summed E-state index contributed by atoms with van der Waals surface area (Å²) >= 11 is 0. The van der Waals surface area contributed by atoms with Gasteiger partial charge in [0.15, 0.2) is 11.5 Å². The van der Waals surface area contributed by atoms with E-state index in [9.17, 15) is 9.59 Å². The number of carbonyl (C=O) groups is 2. The Morgan fingerprint density at radius 1 is 1.17 bits per heavy atom. The molecule has 0 aliphatic carbocycles. The van der Waals surface area contributed by atoms with E-state index in [-0.39, 0.29) is 18.0 Å². The van der Waals surface area contributed by atoms with Crippen molar-refractivity contribution in [2.24, 2.45) is 0 Å². The van der Waals surface area contributed by atoms with E-state index in [1.165, 1.54) is 0 Å². The molecule has 156 valence electrons. The molecule has 0 atom stereocenters. The van der Waals surface area contributed by atoms with Gasteiger partial charge in [-0.3, -0.25) is 4.79 Å². The SMILES string of the molecule is COc1ccc(NC(=O)N(Cc2ccco2)C2CCN(C(C)=O)CC2)cc1OC. The molecule has 8 nitrogen and oxygen atoms in total. The number of hydrogen-bond donors (Lipinski definition) is 1. The summed E-state index contributed by atoms with van der Waals surface area (Å²) in [5, 5.41) is 2.94. The van der Waals surface area contributed by atoms with Gasteiger partial charge in [0.05, 0.1) is 27.0 Å². The maximum absolute atomic E-state index is 13.1. The summed E-state index contributed by atoms with van der Waals surface area (Å²) < 4.78 is 16.0. The van der Waals surface area contributed by atoms with Crippen LogP contribution in [0.5, 0.6) is 11.5 Å². The summed E-state index contributed by atoms with van der Waals surface area (Å²) in [6.07, 6.45) is 3.04. The molecule has 0 saturated carbocycles. The predicted octanol–water partition coefficient (Wildman–Crippen LogP) is 3.34. The summed E-state index contributed by atoms with van der Waals surface area (Å²) in [7, 11) is 3.12. The van der Waals surface area contributed by atoms with Crippen LogP contribution in [0.1, 0.15) is 25.5 Å². The second kappa shape index (κ2) is 9.36. The van der Waals surface area contributed by atoms with E-state index in [4.69, 9.17) is 13.9 Å². The van der Waals surface area contributed by atoms with Crippen LogP contribution in [-0.4, -0.2) is 55.1 Å². The number of amides is 3. The molecule has 2 heterocycles. The molecule has 1 aliphatic rings. The van der Waals surface area contributed by atoms with Crippen molar-refractivity contribution >= 4 is 17.6 Å². The van der Waals surface area contributed by atoms with E-state index in [0.29, 0.717) is 42.6 Å². The molecule has 0 unspecified atom stereocenters. The maximum Gasteiger partial charge on any atom is 0.322 e. The van der Waals surface area contributed by atoms with Gasteiger partial charge in [0.25, 0.3) is 0 Å². The number of rotatable bonds is 6. The molecule has 0 spiro atoms. The first-order chi connectivity index (χ1) is 14.0. The first kappa shape index (κ1) is 20.6. The zero-order chi connectivity index (χ0) is 20.8. The van der Waals surface area contributed by atoms with E-state index in [1.807, 2.05) is 11.0 Å². The van der Waals surface area contributed by atoms with Gasteiger partial charge in [-0.15, -0.1) is 0 Å². The fourth-order valence-corrected chi connectivity index (χ4v) is 3.54. The van der Waals surface area contributed by atoms with Gasteiger partial charge in [-0.1, -0.05) is 0 Å². The van der Waals surface area contributed by atoms with Crippen LogP contribution in [0.2, 0.25) is 0 Å². The van der Waals surface area contributed by atoms with Crippen molar-refractivity contribution in [1.29, 1.82) is 0 Å². The Morgan fingerprint density at radius 3 is 2.48 bits per heavy atom. The molecule has 2 aromatic rings. The summed E-state index contributed by atoms with van der Waals surface area (Å²) in [5.74, 6) is 1.91. The second-order valence-electron chi connectivity index (χ2n) is 6.94. The van der Waals surface area contributed by atoms with Crippen LogP contribution in [-0.2, 0) is 11.3 Å². The number of piperidine rings is 1. The monoisotopic (exact) mass is 401 g/mol. The second-order valence-corrected chi connectivity index (χ2v) is 6.94. The highest BCUT2D eigenvalue weighted by molar-refractivity contribution is 5.90. The van der Waals surface area contributed by atoms with Gasteiger partial charge in [-0.25, -0.2) is 4.79 Å². The number of nitrogens with zero attached hydrogens (tertiary/aromatic N) is 2. The number of likely N-dealkylation sites (tertiary alicyclic amines) is 1. The number of ether oxygens (including phenoxy) is 2. The predicted molar refractivity (Wildman–Crippen MR) is 108 cm³/mol. The van der Waals surface area contributed by atoms with Crippen molar-refractivity contribution in [2.45, 2.75) is 32.4 Å². The van der Waals surface area contributed by atoms with Gasteiger partial charge in [-0.2, -0.15) is 0 Å². The van der Waals surface area contributed by atoms with Crippen LogP contribution in [0.15, 0.2) is 41.0 Å². The van der Waals surface area contributed by atoms with E-state index < -0.39 is 0 Å². The minimum Gasteiger partial charge on any atom is -0.493 e. The normalized spacial score (nSPS) is 14.4. The van der Waals surface area contributed by atoms with Crippen molar-refractivity contribution in [3.05, 3.63) is 42.4 Å². The highest BCUT2D eigenvalue weighted by atomic mass is 16.5. The van der Waals surface area contributed by atoms with Gasteiger partial charge in [0.2, 0.25) is 5.91 Å². The largest absolute Gasteiger partial charge is 0.493 e. The van der Waals surface area contributed by atoms with Crippen LogP contribution in [0.25, 0.3) is 0 Å². The third kappa shape index (κ3) is 5.01. The third-order valence-electron chi connectivity index (χ3n) is 5.15. The minimum atomic E-state index is -0.227. The molecule has 29 heavy (non-hydrogen) atoms. The average Bonchev–Trinajstić information content (AvgIpc) is 3.25. The first-order valence-electron chi connectivity index (χ1n) is 9.59. The maximum atomic E-state index is 13.1. The van der Waals surface area contributed by atoms with E-state index in [0.717, 1.165) is 12.8 Å². The number of anilines is 1. The van der Waals surface area contributed by atoms with Crippen LogP contribution in [0.3, 0.4) is 0 Å². The molecule has 1 aromatic heterocycles. The lowest BCUT2D eigenvalue weighted by molar-refractivity contribution is -0.130. The third-order valence-corrected chi connectivity index (χ3v) is 5.15. The van der Waals surface area contributed by atoms with E-state index in [1.54, 1.807) is 56.6 Å². The Hall–Kier alpha value is -3.16. The fourth-order valence-electron chi connectivity index (χ4n) is 3.54. The van der Waals surface area contributed by atoms with Crippen molar-refractivity contribution in [3.63, 3.8) is 0 Å². The number of nitrogens with one attached hydrogen (secondary N) is 1. The van der Waals surface area contributed by atoms with Crippen LogP contribution < -0.4 is 14.8 Å². The lowest BCUT2D eigenvalue weighted by Crippen LogP contribution is -2.49. The molecule has 0 radical (unpaired) electrons. The average molecular weight is 401 g/mol. The molecule has 1 aliphatic heterocycles. The van der Waals surface area contributed by atoms with Gasteiger partial charge >= 0.3 is 6.03 Å². The summed E-state index contributed by atoms with van der Waals surface area (Å²) in [6, 6.07) is 8.67. The van der Waals surface area contributed by atoms with Gasteiger partial charge in [0, 0.05) is 37.8 Å². The molecular formula is C21H27N3O5. The quantitative estimate of drug-likeness (QED) is 0.803. The number of benzene rings is 1. The number of carbonyl (C=O) groups excluding carboxylic acids is 2. The molecule has 3 rings (SSSR count). The zero-order valence-electron chi connectivity index (χ0n) is 17.0. The van der Waals surface area contributed by atoms with Crippen molar-refractivity contribution in [3.8, 4) is 11.5 Å². The van der Waals surface area contributed by atoms with Crippen molar-refractivity contribution < 1.29 is 23.5 Å². The molecule has 1 N–H and O–H groups in total. The fraction of sp³-hybridized carbons (Fsp3) is 0.429. The smallest absolute Gasteiger partial charge is 0.322 e. The summed E-state index contributed by atoms with van der Waals surface area (Å²) in [4.78, 5) is 28.3.